The standard InChI is InChI=1S/C30H32Cl2N6O6/c1-33-22-10-7-17(31)13-21(22)30(44-16-39)11-12-38(15-30)28(41)20-5-3-4-6-24(40)35-23-14-18(34-29(42)43-2)8-9-19(23)25-26(32)37-27(20)36-25/h7-10,13-14,16,20,33H,3-6,11-12,15H2,1-2H3,(H,34,42)(H,35,40)(H,36,37)/t20?,30-/m0/s1. The second-order valence-electron chi connectivity index (χ2n) is 10.7. The third-order valence-electron chi connectivity index (χ3n) is 7.99. The van der Waals surface area contributed by atoms with E-state index in [0.29, 0.717) is 77.7 Å². The smallest absolute Gasteiger partial charge is 0.411 e. The molecule has 2 atom stereocenters. The molecule has 0 aliphatic carbocycles. The van der Waals surface area contributed by atoms with E-state index in [-0.39, 0.29) is 29.9 Å². The Balaban J connectivity index is 1.49. The van der Waals surface area contributed by atoms with Crippen molar-refractivity contribution in [1.29, 1.82) is 0 Å². The van der Waals surface area contributed by atoms with Gasteiger partial charge in [-0.05, 0) is 49.2 Å². The number of amides is 3. The predicted octanol–water partition coefficient (Wildman–Crippen LogP) is 5.50. The number of methoxy groups -OCH3 is 1. The van der Waals surface area contributed by atoms with Crippen molar-refractivity contribution in [1.82, 2.24) is 14.9 Å². The van der Waals surface area contributed by atoms with Crippen LogP contribution in [0, 0.1) is 0 Å². The van der Waals surface area contributed by atoms with Gasteiger partial charge in [-0.1, -0.05) is 29.6 Å². The van der Waals surface area contributed by atoms with E-state index in [1.165, 1.54) is 7.11 Å². The summed E-state index contributed by atoms with van der Waals surface area (Å²) >= 11 is 13.0. The summed E-state index contributed by atoms with van der Waals surface area (Å²) in [6.45, 7) is 0.859. The van der Waals surface area contributed by atoms with E-state index in [9.17, 15) is 19.2 Å². The SMILES string of the molecule is CNc1ccc(Cl)cc1[C@]1(OC=O)CCN(C(=O)C2CCCCC(=O)Nc3cc(NC(=O)OC)ccc3-c3nc2[nH]c3Cl)C1. The van der Waals surface area contributed by atoms with E-state index in [1.54, 1.807) is 48.3 Å². The van der Waals surface area contributed by atoms with Crippen molar-refractivity contribution in [3.8, 4) is 11.3 Å². The summed E-state index contributed by atoms with van der Waals surface area (Å²) in [6, 6.07) is 10.2. The van der Waals surface area contributed by atoms with Gasteiger partial charge in [-0.25, -0.2) is 9.78 Å². The topological polar surface area (TPSA) is 155 Å². The average Bonchev–Trinajstić information content (AvgIpc) is 3.61. The van der Waals surface area contributed by atoms with Crippen LogP contribution in [0.3, 0.4) is 0 Å². The molecule has 3 heterocycles. The molecule has 232 valence electrons. The molecule has 5 rings (SSSR count). The van der Waals surface area contributed by atoms with Crippen LogP contribution < -0.4 is 16.0 Å². The van der Waals surface area contributed by atoms with Crippen LogP contribution in [0.25, 0.3) is 11.3 Å². The quantitative estimate of drug-likeness (QED) is 0.257. The fraction of sp³-hybridized carbons (Fsp3) is 0.367. The number of fused-ring (bicyclic) bond motifs is 4. The van der Waals surface area contributed by atoms with Gasteiger partial charge in [0.05, 0.1) is 25.3 Å². The maximum absolute atomic E-state index is 14.2. The van der Waals surface area contributed by atoms with Gasteiger partial charge in [0.1, 0.15) is 16.7 Å². The molecule has 3 amide bonds. The van der Waals surface area contributed by atoms with Gasteiger partial charge in [-0.2, -0.15) is 0 Å². The maximum Gasteiger partial charge on any atom is 0.411 e. The minimum absolute atomic E-state index is 0.124. The number of nitrogens with one attached hydrogen (secondary N) is 4. The number of benzene rings is 2. The lowest BCUT2D eigenvalue weighted by molar-refractivity contribution is -0.146. The van der Waals surface area contributed by atoms with E-state index in [1.807, 2.05) is 0 Å². The number of halogens is 2. The molecular weight excluding hydrogens is 611 g/mol. The lowest BCUT2D eigenvalue weighted by Gasteiger charge is -2.30. The Morgan fingerprint density at radius 2 is 2.00 bits per heavy atom. The van der Waals surface area contributed by atoms with E-state index in [0.717, 1.165) is 5.69 Å². The molecule has 2 aliphatic heterocycles. The van der Waals surface area contributed by atoms with Crippen molar-refractivity contribution >= 4 is 64.6 Å². The van der Waals surface area contributed by atoms with E-state index in [2.05, 4.69) is 25.7 Å². The number of aromatic amines is 1. The minimum Gasteiger partial charge on any atom is -0.454 e. The number of nitrogens with zero attached hydrogens (tertiary/aromatic N) is 2. The highest BCUT2D eigenvalue weighted by molar-refractivity contribution is 6.32. The Bertz CT molecular complexity index is 1600. The van der Waals surface area contributed by atoms with E-state index >= 15 is 0 Å². The van der Waals surface area contributed by atoms with Crippen molar-refractivity contribution in [3.05, 3.63) is 58.0 Å². The minimum atomic E-state index is -1.09. The number of H-pyrrole nitrogens is 1. The molecule has 1 fully saturated rings. The van der Waals surface area contributed by atoms with Crippen LogP contribution >= 0.6 is 23.2 Å². The molecule has 0 radical (unpaired) electrons. The number of rotatable bonds is 6. The number of hydrogen-bond acceptors (Lipinski definition) is 8. The van der Waals surface area contributed by atoms with Crippen molar-refractivity contribution in [2.45, 2.75) is 43.6 Å². The number of imidazole rings is 1. The Morgan fingerprint density at radius 1 is 1.18 bits per heavy atom. The number of anilines is 3. The third kappa shape index (κ3) is 6.31. The molecule has 44 heavy (non-hydrogen) atoms. The van der Waals surface area contributed by atoms with E-state index in [4.69, 9.17) is 32.9 Å². The summed E-state index contributed by atoms with van der Waals surface area (Å²) < 4.78 is 10.4. The van der Waals surface area contributed by atoms with Crippen LogP contribution in [0.15, 0.2) is 36.4 Å². The van der Waals surface area contributed by atoms with Crippen LogP contribution in [0.4, 0.5) is 21.9 Å². The van der Waals surface area contributed by atoms with Gasteiger partial charge in [-0.3, -0.25) is 19.7 Å². The van der Waals surface area contributed by atoms with Gasteiger partial charge in [0.25, 0.3) is 6.47 Å². The van der Waals surface area contributed by atoms with Gasteiger partial charge < -0.3 is 30.0 Å². The van der Waals surface area contributed by atoms with Crippen LogP contribution in [-0.2, 0) is 29.5 Å². The second kappa shape index (κ2) is 13.1. The summed E-state index contributed by atoms with van der Waals surface area (Å²) in [5, 5.41) is 9.26. The number of ether oxygens (including phenoxy) is 2. The van der Waals surface area contributed by atoms with Gasteiger partial charge in [0.2, 0.25) is 11.8 Å². The third-order valence-corrected chi connectivity index (χ3v) is 8.50. The molecule has 14 heteroatoms. The fourth-order valence-corrected chi connectivity index (χ4v) is 6.22. The number of aromatic nitrogens is 2. The molecule has 1 aromatic heterocycles. The molecule has 2 aliphatic rings. The zero-order valence-corrected chi connectivity index (χ0v) is 25.7. The summed E-state index contributed by atoms with van der Waals surface area (Å²) in [4.78, 5) is 60.0. The van der Waals surface area contributed by atoms with E-state index < -0.39 is 17.6 Å². The molecule has 0 spiro atoms. The number of hydrogen-bond donors (Lipinski definition) is 4. The second-order valence-corrected chi connectivity index (χ2v) is 11.5. The fourth-order valence-electron chi connectivity index (χ4n) is 5.81. The van der Waals surface area contributed by atoms with Gasteiger partial charge in [-0.15, -0.1) is 0 Å². The number of carbonyl (C=O) groups is 4. The molecule has 1 saturated heterocycles. The van der Waals surface area contributed by atoms with Gasteiger partial charge in [0.15, 0.2) is 5.60 Å². The predicted molar refractivity (Wildman–Crippen MR) is 166 cm³/mol. The molecule has 3 aromatic rings. The number of carbonyl (C=O) groups excluding carboxylic acids is 4. The van der Waals surface area contributed by atoms with Gasteiger partial charge >= 0.3 is 6.09 Å². The van der Waals surface area contributed by atoms with Crippen LogP contribution in [0.5, 0.6) is 0 Å². The molecule has 4 N–H and O–H groups in total. The largest absolute Gasteiger partial charge is 0.454 e. The molecule has 1 unspecified atom stereocenters. The first-order valence-corrected chi connectivity index (χ1v) is 14.9. The summed E-state index contributed by atoms with van der Waals surface area (Å²) in [5.41, 5.74) is 1.97. The first-order chi connectivity index (χ1) is 21.2. The highest BCUT2D eigenvalue weighted by Crippen LogP contribution is 2.42. The van der Waals surface area contributed by atoms with Crippen molar-refractivity contribution in [3.63, 3.8) is 0 Å². The van der Waals surface area contributed by atoms with Crippen LogP contribution in [-0.4, -0.2) is 66.5 Å². The zero-order valence-electron chi connectivity index (χ0n) is 24.2. The molecule has 0 saturated carbocycles. The zero-order chi connectivity index (χ0) is 31.4. The normalized spacial score (nSPS) is 20.0. The first kappa shape index (κ1) is 31.1. The molecular formula is C30H32Cl2N6O6. The lowest BCUT2D eigenvalue weighted by atomic mass is 9.91. The Kier molecular flexibility index (Phi) is 9.31. The first-order valence-electron chi connectivity index (χ1n) is 14.1. The Hall–Kier alpha value is -4.29. The highest BCUT2D eigenvalue weighted by Gasteiger charge is 2.46. The van der Waals surface area contributed by atoms with Crippen LogP contribution in [0.1, 0.15) is 49.4 Å². The van der Waals surface area contributed by atoms with Crippen molar-refractivity contribution in [2.24, 2.45) is 0 Å². The lowest BCUT2D eigenvalue weighted by Crippen LogP contribution is -2.39. The molecule has 12 nitrogen and oxygen atoms in total. The molecule has 2 aromatic carbocycles. The summed E-state index contributed by atoms with van der Waals surface area (Å²) in [7, 11) is 3.01. The average molecular weight is 644 g/mol. The maximum atomic E-state index is 14.2. The van der Waals surface area contributed by atoms with Crippen molar-refractivity contribution < 1.29 is 28.7 Å². The Labute approximate surface area is 263 Å². The Morgan fingerprint density at radius 3 is 2.75 bits per heavy atom. The van der Waals surface area contributed by atoms with Crippen molar-refractivity contribution in [2.75, 3.05) is 43.2 Å². The van der Waals surface area contributed by atoms with Crippen LogP contribution in [0.2, 0.25) is 10.2 Å². The molecule has 2 bridgehead atoms. The van der Waals surface area contributed by atoms with Gasteiger partial charge in [0, 0.05) is 54.0 Å². The number of likely N-dealkylation sites (tertiary alicyclic amines) is 1. The highest BCUT2D eigenvalue weighted by atomic mass is 35.5. The summed E-state index contributed by atoms with van der Waals surface area (Å²) in [5.74, 6) is -0.737. The monoisotopic (exact) mass is 642 g/mol. The summed E-state index contributed by atoms with van der Waals surface area (Å²) in [6.07, 6.45) is 1.45.